The molecule has 3 aromatic rings. The van der Waals surface area contributed by atoms with Crippen molar-refractivity contribution in [2.75, 3.05) is 18.9 Å². The van der Waals surface area contributed by atoms with E-state index < -0.39 is 81.4 Å². The number of alkyl halides is 2. The third kappa shape index (κ3) is 5.62. The number of aliphatic imine (C=N–C) groups is 1. The summed E-state index contributed by atoms with van der Waals surface area (Å²) in [6.45, 7) is -10.1. The predicted molar refractivity (Wildman–Crippen MR) is 154 cm³/mol. The van der Waals surface area contributed by atoms with Gasteiger partial charge in [-0.25, -0.2) is 13.8 Å². The molecule has 7 heterocycles. The molecule has 5 N–H and O–H groups in total. The van der Waals surface area contributed by atoms with Gasteiger partial charge < -0.3 is 38.6 Å². The fraction of sp³-hybridized carbons (Fsp3) is 0.524. The summed E-state index contributed by atoms with van der Waals surface area (Å²) in [6, 6.07) is 1.47. The largest absolute Gasteiger partial charge is 0.369 e. The van der Waals surface area contributed by atoms with Crippen molar-refractivity contribution in [1.82, 2.24) is 29.5 Å². The van der Waals surface area contributed by atoms with Gasteiger partial charge >= 0.3 is 13.4 Å². The molecule has 0 saturated carbocycles. The number of nitrogen functional groups attached to an aromatic ring is 1. The number of aromatic amines is 1. The van der Waals surface area contributed by atoms with Gasteiger partial charge in [-0.15, -0.1) is 5.10 Å². The van der Waals surface area contributed by atoms with E-state index in [0.29, 0.717) is 0 Å². The van der Waals surface area contributed by atoms with Gasteiger partial charge in [0.1, 0.15) is 30.2 Å². The molecular formula is C21H22F2N8O10P2S2. The monoisotopic (exact) mass is 710 g/mol. The molecule has 3 aromatic heterocycles. The minimum absolute atomic E-state index is 0.0813. The molecule has 24 heteroatoms. The molecule has 0 aromatic carbocycles. The predicted octanol–water partition coefficient (Wildman–Crippen LogP) is 0.609. The quantitative estimate of drug-likeness (QED) is 0.267. The van der Waals surface area contributed by atoms with Crippen molar-refractivity contribution >= 4 is 72.0 Å². The number of ketones is 1. The number of halogens is 2. The second kappa shape index (κ2) is 11.4. The summed E-state index contributed by atoms with van der Waals surface area (Å²) in [5, 5.41) is 7.55. The zero-order chi connectivity index (χ0) is 31.8. The van der Waals surface area contributed by atoms with Gasteiger partial charge in [0.05, 0.1) is 18.8 Å². The van der Waals surface area contributed by atoms with Gasteiger partial charge in [0.15, 0.2) is 41.7 Å². The lowest BCUT2D eigenvalue weighted by Crippen LogP contribution is -2.34. The van der Waals surface area contributed by atoms with Gasteiger partial charge in [-0.3, -0.25) is 23.6 Å². The Labute approximate surface area is 259 Å². The zero-order valence-electron chi connectivity index (χ0n) is 22.4. The summed E-state index contributed by atoms with van der Waals surface area (Å²) in [5.41, 5.74) is 4.72. The molecule has 0 aliphatic carbocycles. The smallest absolute Gasteiger partial charge is 0.325 e. The molecule has 2 bridgehead atoms. The molecule has 4 aliphatic rings. The lowest BCUT2D eigenvalue weighted by atomic mass is 10.1. The molecule has 0 radical (unpaired) electrons. The van der Waals surface area contributed by atoms with Crippen LogP contribution >= 0.6 is 13.4 Å². The normalized spacial score (nSPS) is 38.8. The Morgan fingerprint density at radius 1 is 1.02 bits per heavy atom. The molecule has 3 saturated heterocycles. The minimum Gasteiger partial charge on any atom is -0.369 e. The van der Waals surface area contributed by atoms with E-state index in [-0.39, 0.29) is 40.7 Å². The molecule has 242 valence electrons. The van der Waals surface area contributed by atoms with Gasteiger partial charge in [0.25, 0.3) is 5.56 Å². The number of hydrogen-bond acceptors (Lipinski definition) is 15. The fourth-order valence-electron chi connectivity index (χ4n) is 5.37. The van der Waals surface area contributed by atoms with Crippen molar-refractivity contribution in [2.24, 2.45) is 4.99 Å². The third-order valence-electron chi connectivity index (χ3n) is 7.39. The van der Waals surface area contributed by atoms with E-state index in [4.69, 9.17) is 56.9 Å². The first-order chi connectivity index (χ1) is 21.3. The van der Waals surface area contributed by atoms with Crippen LogP contribution in [0.1, 0.15) is 29.2 Å². The highest BCUT2D eigenvalue weighted by Crippen LogP contribution is 2.54. The van der Waals surface area contributed by atoms with Crippen molar-refractivity contribution in [3.8, 4) is 0 Å². The van der Waals surface area contributed by atoms with Crippen molar-refractivity contribution in [1.29, 1.82) is 0 Å². The van der Waals surface area contributed by atoms with Crippen LogP contribution in [0.4, 0.5) is 20.5 Å². The third-order valence-corrected chi connectivity index (χ3v) is 10.5. The fourth-order valence-corrected chi connectivity index (χ4v) is 8.21. The van der Waals surface area contributed by atoms with Crippen LogP contribution < -0.4 is 11.3 Å². The maximum Gasteiger partial charge on any atom is 0.325 e. The molecule has 10 atom stereocenters. The standard InChI is InChI=1S/C21H22F2N8O10P2S2/c22-11-9-5-36-42(34,44)40-14-10(39-19(12(14)23)30-4-2-7-8(32)1-3-25-16(7)30)6-37-43(35,45)41-15(11)20(38-9)31-17-13(28-29-31)18(33)27-21(24)26-17/h2-4,9-12,14-15,19-20H,1,5-6H2,(H,34,44)(H,35,45)(H3,24,26,27,33)/t9-,10-,11+,12+,14-,15-,19-,20-,42?,43?/m1/s1. The average Bonchev–Trinajstić information content (AvgIpc) is 3.72. The summed E-state index contributed by atoms with van der Waals surface area (Å²) in [5.74, 6) is -0.372. The van der Waals surface area contributed by atoms with E-state index in [0.717, 1.165) is 4.68 Å². The number of nitrogens with one attached hydrogen (secondary N) is 1. The Balaban J connectivity index is 1.20. The first-order valence-corrected chi connectivity index (χ1v) is 18.3. The van der Waals surface area contributed by atoms with Gasteiger partial charge in [-0.1, -0.05) is 5.21 Å². The Kier molecular flexibility index (Phi) is 7.86. The first-order valence-electron chi connectivity index (χ1n) is 13.1. The summed E-state index contributed by atoms with van der Waals surface area (Å²) in [6.07, 6.45) is -10.5. The van der Waals surface area contributed by atoms with E-state index in [1.54, 1.807) is 0 Å². The van der Waals surface area contributed by atoms with Crippen LogP contribution in [0.15, 0.2) is 22.1 Å². The number of aromatic nitrogens is 6. The highest BCUT2D eigenvalue weighted by Gasteiger charge is 2.54. The van der Waals surface area contributed by atoms with E-state index in [1.165, 1.54) is 23.0 Å². The van der Waals surface area contributed by atoms with Crippen LogP contribution in [0.2, 0.25) is 0 Å². The Morgan fingerprint density at radius 3 is 2.47 bits per heavy atom. The summed E-state index contributed by atoms with van der Waals surface area (Å²) in [7, 11) is 0. The van der Waals surface area contributed by atoms with Crippen LogP contribution in [0.5, 0.6) is 0 Å². The van der Waals surface area contributed by atoms with Gasteiger partial charge in [0, 0.05) is 18.8 Å². The maximum atomic E-state index is 16.0. The highest BCUT2D eigenvalue weighted by molar-refractivity contribution is 8.07. The number of anilines is 1. The zero-order valence-corrected chi connectivity index (χ0v) is 25.8. The minimum atomic E-state index is -4.38. The molecule has 7 rings (SSSR count). The number of nitrogens with zero attached hydrogens (tertiary/aromatic N) is 6. The van der Waals surface area contributed by atoms with Gasteiger partial charge in [-0.05, 0) is 29.7 Å². The number of H-pyrrole nitrogens is 1. The van der Waals surface area contributed by atoms with Crippen molar-refractivity contribution in [3.63, 3.8) is 0 Å². The number of rotatable bonds is 2. The van der Waals surface area contributed by atoms with E-state index in [1.807, 2.05) is 0 Å². The first kappa shape index (κ1) is 31.2. The number of carbonyl (C=O) groups excluding carboxylic acids is 1. The molecule has 2 unspecified atom stereocenters. The van der Waals surface area contributed by atoms with Crippen LogP contribution in [0.25, 0.3) is 11.2 Å². The molecule has 18 nitrogen and oxygen atoms in total. The highest BCUT2D eigenvalue weighted by atomic mass is 32.5. The molecular weight excluding hydrogens is 688 g/mol. The van der Waals surface area contributed by atoms with Gasteiger partial charge in [-0.2, -0.15) is 9.67 Å². The summed E-state index contributed by atoms with van der Waals surface area (Å²) in [4.78, 5) is 56.8. The van der Waals surface area contributed by atoms with E-state index in [9.17, 15) is 19.4 Å². The number of carbonyl (C=O) groups is 1. The number of ether oxygens (including phenoxy) is 2. The molecule has 45 heavy (non-hydrogen) atoms. The Hall–Kier alpha value is -2.46. The van der Waals surface area contributed by atoms with Crippen LogP contribution in [0.3, 0.4) is 0 Å². The summed E-state index contributed by atoms with van der Waals surface area (Å²) >= 11 is 10.3. The molecule has 4 aliphatic heterocycles. The number of hydrogen-bond donors (Lipinski definition) is 4. The SMILES string of the molecule is Nc1nc2c(nnn2[C@@H]2O[C@@H]3COP(O)(=S)O[C@H]4[C@H](F)[C@H](n5ccc6c5N=CCC6=O)O[C@@H]4COP(O)(=S)O[C@@H]2[C@H]3F)c(=O)[nH]1. The van der Waals surface area contributed by atoms with E-state index in [2.05, 4.69) is 25.3 Å². The molecule has 3 fully saturated rings. The topological polar surface area (TPSA) is 233 Å². The Bertz CT molecular complexity index is 1880. The molecule has 0 spiro atoms. The van der Waals surface area contributed by atoms with E-state index >= 15 is 8.78 Å². The van der Waals surface area contributed by atoms with Crippen LogP contribution in [0, 0.1) is 0 Å². The van der Waals surface area contributed by atoms with Crippen molar-refractivity contribution in [2.45, 2.75) is 55.6 Å². The van der Waals surface area contributed by atoms with Crippen LogP contribution in [-0.4, -0.2) is 101 Å². The van der Waals surface area contributed by atoms with Crippen molar-refractivity contribution < 1.29 is 50.9 Å². The second-order valence-corrected chi connectivity index (χ2v) is 15.8. The second-order valence-electron chi connectivity index (χ2n) is 10.2. The Morgan fingerprint density at radius 2 is 1.71 bits per heavy atom. The average molecular weight is 711 g/mol. The summed E-state index contributed by atoms with van der Waals surface area (Å²) < 4.78 is 67.5. The van der Waals surface area contributed by atoms with Crippen LogP contribution in [-0.2, 0) is 51.2 Å². The lowest BCUT2D eigenvalue weighted by Gasteiger charge is -2.27. The number of nitrogens with two attached hydrogens (primary N) is 1. The molecule has 0 amide bonds. The van der Waals surface area contributed by atoms with Crippen molar-refractivity contribution in [3.05, 3.63) is 28.2 Å². The number of Topliss-reactive ketones (excluding diaryl/α,β-unsaturated/α-hetero) is 1. The maximum absolute atomic E-state index is 16.0. The number of fused-ring (bicyclic) bond motifs is 5. The lowest BCUT2D eigenvalue weighted by molar-refractivity contribution is -0.0640. The van der Waals surface area contributed by atoms with Gasteiger partial charge in [0.2, 0.25) is 5.95 Å².